The fraction of sp³-hybridized carbons (Fsp3) is 0. The molecule has 21 heavy (non-hydrogen) atoms. The normalized spacial score (nSPS) is 10.9. The van der Waals surface area contributed by atoms with Crippen LogP contribution in [0.2, 0.25) is 0 Å². The predicted molar refractivity (Wildman–Crippen MR) is 88.2 cm³/mol. The molecular weight excluding hydrogens is 256 g/mol. The number of nitrogens with zero attached hydrogens (tertiary/aromatic N) is 1. The van der Waals surface area contributed by atoms with E-state index >= 15 is 0 Å². The van der Waals surface area contributed by atoms with E-state index in [0.717, 1.165) is 16.9 Å². The highest BCUT2D eigenvalue weighted by molar-refractivity contribution is 5.62. The Labute approximate surface area is 124 Å². The smallest absolute Gasteiger partial charge is 0.217 e. The standard InChI is InChI=1S/C19H16N2/c20-18-11-9-17(10-12-18)19-8-4-5-14-21(19)15-13-16-6-2-1-3-7-16/h1-15,20H/p+1. The summed E-state index contributed by atoms with van der Waals surface area (Å²) in [5, 5.41) is 0. The van der Waals surface area contributed by atoms with Crippen LogP contribution in [-0.4, -0.2) is 0 Å². The summed E-state index contributed by atoms with van der Waals surface area (Å²) in [7, 11) is 0. The van der Waals surface area contributed by atoms with Gasteiger partial charge in [0, 0.05) is 29.5 Å². The zero-order chi connectivity index (χ0) is 14.5. The van der Waals surface area contributed by atoms with Crippen LogP contribution in [0.4, 0.5) is 5.69 Å². The molecule has 0 amide bonds. The van der Waals surface area contributed by atoms with Crippen LogP contribution in [0.3, 0.4) is 0 Å². The minimum absolute atomic E-state index is 0.779. The molecule has 0 aliphatic carbocycles. The molecule has 0 aliphatic heterocycles. The zero-order valence-corrected chi connectivity index (χ0v) is 11.7. The first-order valence-corrected chi connectivity index (χ1v) is 6.92. The zero-order valence-electron chi connectivity index (χ0n) is 11.7. The van der Waals surface area contributed by atoms with Crippen molar-refractivity contribution in [3.8, 4) is 11.3 Å². The molecule has 0 spiro atoms. The van der Waals surface area contributed by atoms with Gasteiger partial charge in [-0.2, -0.15) is 4.57 Å². The highest BCUT2D eigenvalue weighted by Crippen LogP contribution is 2.17. The number of benzene rings is 2. The summed E-state index contributed by atoms with van der Waals surface area (Å²) >= 11 is 0. The van der Waals surface area contributed by atoms with Gasteiger partial charge < -0.3 is 5.73 Å². The predicted octanol–water partition coefficient (Wildman–Crippen LogP) is 3.85. The number of hydrogen-bond donors (Lipinski definition) is 1. The van der Waals surface area contributed by atoms with E-state index in [1.807, 2.05) is 60.8 Å². The number of anilines is 1. The van der Waals surface area contributed by atoms with Crippen molar-refractivity contribution in [1.82, 2.24) is 0 Å². The Morgan fingerprint density at radius 1 is 0.762 bits per heavy atom. The van der Waals surface area contributed by atoms with E-state index in [4.69, 9.17) is 5.73 Å². The number of pyridine rings is 1. The third kappa shape index (κ3) is 3.18. The van der Waals surface area contributed by atoms with Gasteiger partial charge in [0.1, 0.15) is 0 Å². The topological polar surface area (TPSA) is 29.9 Å². The minimum atomic E-state index is 0.779. The Morgan fingerprint density at radius 2 is 1.48 bits per heavy atom. The molecule has 0 radical (unpaired) electrons. The molecule has 0 saturated heterocycles. The molecule has 0 aliphatic rings. The highest BCUT2D eigenvalue weighted by atomic mass is 14.9. The lowest BCUT2D eigenvalue weighted by molar-refractivity contribution is -0.555. The number of nitrogens with two attached hydrogens (primary N) is 1. The Hall–Kier alpha value is -2.87. The summed E-state index contributed by atoms with van der Waals surface area (Å²) in [6.45, 7) is 0. The van der Waals surface area contributed by atoms with Crippen molar-refractivity contribution >= 4 is 18.0 Å². The van der Waals surface area contributed by atoms with E-state index in [9.17, 15) is 0 Å². The van der Waals surface area contributed by atoms with E-state index in [1.165, 1.54) is 5.56 Å². The Kier molecular flexibility index (Phi) is 3.79. The first kappa shape index (κ1) is 13.1. The number of hydrogen-bond acceptors (Lipinski definition) is 1. The second-order valence-electron chi connectivity index (χ2n) is 4.84. The summed E-state index contributed by atoms with van der Waals surface area (Å²) in [6.07, 6.45) is 6.22. The molecule has 0 unspecified atom stereocenters. The molecular formula is C19H17N2+. The van der Waals surface area contributed by atoms with Crippen molar-refractivity contribution in [3.05, 3.63) is 84.6 Å². The van der Waals surface area contributed by atoms with E-state index in [0.29, 0.717) is 0 Å². The highest BCUT2D eigenvalue weighted by Gasteiger charge is 2.09. The van der Waals surface area contributed by atoms with Crippen LogP contribution in [0.15, 0.2) is 79.0 Å². The lowest BCUT2D eigenvalue weighted by Crippen LogP contribution is -2.28. The maximum absolute atomic E-state index is 5.76. The number of rotatable bonds is 3. The van der Waals surface area contributed by atoms with Gasteiger partial charge in [-0.25, -0.2) is 0 Å². The molecule has 0 atom stereocenters. The van der Waals surface area contributed by atoms with Crippen LogP contribution in [0.25, 0.3) is 23.5 Å². The summed E-state index contributed by atoms with van der Waals surface area (Å²) < 4.78 is 2.11. The van der Waals surface area contributed by atoms with Gasteiger partial charge in [-0.3, -0.25) is 0 Å². The molecule has 3 aromatic rings. The van der Waals surface area contributed by atoms with Crippen molar-refractivity contribution in [2.75, 3.05) is 5.73 Å². The van der Waals surface area contributed by atoms with Gasteiger partial charge in [0.2, 0.25) is 5.69 Å². The van der Waals surface area contributed by atoms with Gasteiger partial charge in [0.25, 0.3) is 0 Å². The first-order valence-electron chi connectivity index (χ1n) is 6.92. The van der Waals surface area contributed by atoms with Crippen LogP contribution in [0, 0.1) is 0 Å². The Balaban J connectivity index is 1.96. The summed E-state index contributed by atoms with van der Waals surface area (Å²) in [5.41, 5.74) is 9.98. The summed E-state index contributed by atoms with van der Waals surface area (Å²) in [5.74, 6) is 0. The van der Waals surface area contributed by atoms with E-state index in [-0.39, 0.29) is 0 Å². The largest absolute Gasteiger partial charge is 0.399 e. The Bertz CT molecular complexity index is 744. The van der Waals surface area contributed by atoms with Gasteiger partial charge in [-0.1, -0.05) is 30.3 Å². The molecule has 3 rings (SSSR count). The van der Waals surface area contributed by atoms with Gasteiger partial charge in [0.15, 0.2) is 12.4 Å². The third-order valence-corrected chi connectivity index (χ3v) is 3.32. The molecule has 2 N–H and O–H groups in total. The van der Waals surface area contributed by atoms with Gasteiger partial charge in [-0.15, -0.1) is 0 Å². The first-order chi connectivity index (χ1) is 10.3. The van der Waals surface area contributed by atoms with E-state index in [1.54, 1.807) is 0 Å². The van der Waals surface area contributed by atoms with Crippen LogP contribution in [0.5, 0.6) is 0 Å². The molecule has 1 heterocycles. The Morgan fingerprint density at radius 3 is 2.24 bits per heavy atom. The van der Waals surface area contributed by atoms with Crippen molar-refractivity contribution in [3.63, 3.8) is 0 Å². The van der Waals surface area contributed by atoms with Crippen molar-refractivity contribution in [2.45, 2.75) is 0 Å². The van der Waals surface area contributed by atoms with Gasteiger partial charge in [-0.05, 0) is 35.9 Å². The van der Waals surface area contributed by atoms with E-state index in [2.05, 4.69) is 35.0 Å². The lowest BCUT2D eigenvalue weighted by atomic mass is 10.1. The number of aromatic nitrogens is 1. The lowest BCUT2D eigenvalue weighted by Gasteiger charge is -2.00. The SMILES string of the molecule is Nc1ccc(-c2cccc[n+]2C=Cc2ccccc2)cc1. The molecule has 0 bridgehead atoms. The van der Waals surface area contributed by atoms with Crippen molar-refractivity contribution < 1.29 is 4.57 Å². The quantitative estimate of drug-likeness (QED) is 0.570. The second kappa shape index (κ2) is 6.06. The van der Waals surface area contributed by atoms with Crippen LogP contribution < -0.4 is 10.3 Å². The molecule has 2 nitrogen and oxygen atoms in total. The van der Waals surface area contributed by atoms with Gasteiger partial charge >= 0.3 is 0 Å². The number of nitrogen functional groups attached to an aromatic ring is 1. The van der Waals surface area contributed by atoms with Crippen molar-refractivity contribution in [1.29, 1.82) is 0 Å². The molecule has 2 heteroatoms. The second-order valence-corrected chi connectivity index (χ2v) is 4.84. The minimum Gasteiger partial charge on any atom is -0.399 e. The third-order valence-electron chi connectivity index (χ3n) is 3.32. The molecule has 0 fully saturated rings. The maximum atomic E-state index is 5.76. The summed E-state index contributed by atoms with van der Waals surface area (Å²) in [4.78, 5) is 0. The molecule has 1 aromatic heterocycles. The average Bonchev–Trinajstić information content (AvgIpc) is 2.55. The maximum Gasteiger partial charge on any atom is 0.217 e. The fourth-order valence-corrected chi connectivity index (χ4v) is 2.22. The van der Waals surface area contributed by atoms with Crippen LogP contribution in [-0.2, 0) is 0 Å². The monoisotopic (exact) mass is 273 g/mol. The molecule has 2 aromatic carbocycles. The fourth-order valence-electron chi connectivity index (χ4n) is 2.22. The van der Waals surface area contributed by atoms with Gasteiger partial charge in [0.05, 0.1) is 0 Å². The summed E-state index contributed by atoms with van der Waals surface area (Å²) in [6, 6.07) is 24.4. The molecule has 0 saturated carbocycles. The average molecular weight is 273 g/mol. The molecule has 102 valence electrons. The van der Waals surface area contributed by atoms with E-state index < -0.39 is 0 Å². The van der Waals surface area contributed by atoms with Crippen LogP contribution in [0.1, 0.15) is 5.56 Å². The van der Waals surface area contributed by atoms with Crippen LogP contribution >= 0.6 is 0 Å². The van der Waals surface area contributed by atoms with Crippen molar-refractivity contribution in [2.24, 2.45) is 0 Å².